The summed E-state index contributed by atoms with van der Waals surface area (Å²) >= 11 is 1.70. The van der Waals surface area contributed by atoms with Crippen LogP contribution in [0.2, 0.25) is 0 Å². The van der Waals surface area contributed by atoms with Crippen molar-refractivity contribution in [2.75, 3.05) is 32.6 Å². The number of fused-ring (bicyclic) bond motifs is 1. The number of hydrogen-bond acceptors (Lipinski definition) is 4. The van der Waals surface area contributed by atoms with Crippen molar-refractivity contribution < 1.29 is 4.79 Å². The molecule has 0 bridgehead atoms. The van der Waals surface area contributed by atoms with Gasteiger partial charge in [0.15, 0.2) is 0 Å². The van der Waals surface area contributed by atoms with Crippen LogP contribution in [-0.2, 0) is 11.2 Å². The van der Waals surface area contributed by atoms with E-state index in [0.29, 0.717) is 0 Å². The third kappa shape index (κ3) is 1.91. The van der Waals surface area contributed by atoms with E-state index in [2.05, 4.69) is 9.88 Å². The van der Waals surface area contributed by atoms with Gasteiger partial charge in [-0.2, -0.15) is 0 Å². The maximum atomic E-state index is 11.9. The molecule has 5 heteroatoms. The van der Waals surface area contributed by atoms with Crippen LogP contribution in [0, 0.1) is 12.8 Å². The first-order valence-electron chi connectivity index (χ1n) is 5.37. The Hall–Kier alpha value is -1.10. The van der Waals surface area contributed by atoms with Crippen LogP contribution in [0.3, 0.4) is 0 Å². The van der Waals surface area contributed by atoms with Crippen molar-refractivity contribution in [3.05, 3.63) is 9.88 Å². The molecule has 1 aromatic heterocycles. The summed E-state index contributed by atoms with van der Waals surface area (Å²) in [5, 5.41) is 1.08. The highest BCUT2D eigenvalue weighted by Crippen LogP contribution is 2.33. The molecule has 0 N–H and O–H groups in total. The number of thiazole rings is 1. The topological polar surface area (TPSA) is 36.4 Å². The Kier molecular flexibility index (Phi) is 2.88. The van der Waals surface area contributed by atoms with Gasteiger partial charge in [0.25, 0.3) is 0 Å². The van der Waals surface area contributed by atoms with Crippen LogP contribution in [-0.4, -0.2) is 43.5 Å². The maximum absolute atomic E-state index is 11.9. The zero-order chi connectivity index (χ0) is 11.9. The van der Waals surface area contributed by atoms with Crippen LogP contribution in [0.5, 0.6) is 0 Å². The van der Waals surface area contributed by atoms with Gasteiger partial charge in [-0.15, -0.1) is 11.3 Å². The number of aryl methyl sites for hydroxylation is 1. The van der Waals surface area contributed by atoms with Gasteiger partial charge < -0.3 is 9.80 Å². The lowest BCUT2D eigenvalue weighted by molar-refractivity contribution is -0.132. The van der Waals surface area contributed by atoms with E-state index in [9.17, 15) is 4.79 Å². The number of carbonyl (C=O) groups is 1. The molecule has 88 valence electrons. The van der Waals surface area contributed by atoms with Gasteiger partial charge in [-0.05, 0) is 13.3 Å². The van der Waals surface area contributed by atoms with E-state index in [-0.39, 0.29) is 11.8 Å². The molecule has 0 saturated heterocycles. The molecule has 1 aromatic rings. The van der Waals surface area contributed by atoms with Gasteiger partial charge >= 0.3 is 0 Å². The van der Waals surface area contributed by atoms with Crippen molar-refractivity contribution in [1.29, 1.82) is 0 Å². The van der Waals surface area contributed by atoms with Crippen molar-refractivity contribution in [2.45, 2.75) is 13.3 Å². The van der Waals surface area contributed by atoms with E-state index in [4.69, 9.17) is 0 Å². The Morgan fingerprint density at radius 3 is 2.88 bits per heavy atom. The predicted octanol–water partition coefficient (Wildman–Crippen LogP) is 1.15. The lowest BCUT2D eigenvalue weighted by Gasteiger charge is -2.30. The summed E-state index contributed by atoms with van der Waals surface area (Å²) in [6.07, 6.45) is 0.836. The summed E-state index contributed by atoms with van der Waals surface area (Å²) < 4.78 is 0. The van der Waals surface area contributed by atoms with E-state index in [1.54, 1.807) is 16.2 Å². The molecule has 0 spiro atoms. The van der Waals surface area contributed by atoms with Crippen molar-refractivity contribution in [3.63, 3.8) is 0 Å². The van der Waals surface area contributed by atoms with Crippen LogP contribution in [0.1, 0.15) is 9.88 Å². The van der Waals surface area contributed by atoms with Crippen LogP contribution in [0.25, 0.3) is 0 Å². The van der Waals surface area contributed by atoms with Crippen LogP contribution >= 0.6 is 11.3 Å². The van der Waals surface area contributed by atoms with Gasteiger partial charge in [-0.3, -0.25) is 4.79 Å². The Balaban J connectivity index is 2.24. The summed E-state index contributed by atoms with van der Waals surface area (Å²) in [4.78, 5) is 21.4. The second kappa shape index (κ2) is 4.05. The minimum absolute atomic E-state index is 0.0762. The fourth-order valence-corrected chi connectivity index (χ4v) is 3.19. The summed E-state index contributed by atoms with van der Waals surface area (Å²) in [6.45, 7) is 2.78. The van der Waals surface area contributed by atoms with Gasteiger partial charge in [-0.1, -0.05) is 0 Å². The summed E-state index contributed by atoms with van der Waals surface area (Å²) in [5.74, 6) is 1.35. The molecule has 1 atom stereocenters. The molecule has 1 amide bonds. The molecule has 1 aliphatic heterocycles. The van der Waals surface area contributed by atoms with Crippen LogP contribution < -0.4 is 4.90 Å². The molecule has 4 nitrogen and oxygen atoms in total. The number of rotatable bonds is 1. The van der Waals surface area contributed by atoms with Crippen molar-refractivity contribution in [2.24, 2.45) is 5.92 Å². The minimum atomic E-state index is 0.0762. The molecule has 1 unspecified atom stereocenters. The monoisotopic (exact) mass is 239 g/mol. The number of hydrogen-bond donors (Lipinski definition) is 0. The predicted molar refractivity (Wildman–Crippen MR) is 66.0 cm³/mol. The normalized spacial score (nSPS) is 19.5. The van der Waals surface area contributed by atoms with Gasteiger partial charge in [-0.25, -0.2) is 4.98 Å². The third-order valence-electron chi connectivity index (χ3n) is 2.86. The molecule has 0 radical (unpaired) electrons. The minimum Gasteiger partial charge on any atom is -0.358 e. The highest BCUT2D eigenvalue weighted by molar-refractivity contribution is 7.12. The molecule has 0 aliphatic carbocycles. The molecule has 16 heavy (non-hydrogen) atoms. The lowest BCUT2D eigenvalue weighted by atomic mass is 9.99. The van der Waals surface area contributed by atoms with Crippen molar-refractivity contribution in [3.8, 4) is 0 Å². The quantitative estimate of drug-likeness (QED) is 0.737. The first-order valence-corrected chi connectivity index (χ1v) is 6.19. The maximum Gasteiger partial charge on any atom is 0.227 e. The van der Waals surface area contributed by atoms with Crippen LogP contribution in [0.4, 0.5) is 5.82 Å². The largest absolute Gasteiger partial charge is 0.358 e. The second-order valence-electron chi connectivity index (χ2n) is 4.49. The number of nitrogens with zero attached hydrogens (tertiary/aromatic N) is 3. The SMILES string of the molecule is Cc1nc2c(s1)CC(C(=O)N(C)C)CN2C. The average Bonchev–Trinajstić information content (AvgIpc) is 2.57. The Labute approximate surface area is 99.9 Å². The highest BCUT2D eigenvalue weighted by Gasteiger charge is 2.30. The molecule has 0 fully saturated rings. The van der Waals surface area contributed by atoms with E-state index in [1.807, 2.05) is 28.1 Å². The fourth-order valence-electron chi connectivity index (χ4n) is 2.13. The smallest absolute Gasteiger partial charge is 0.227 e. The van der Waals surface area contributed by atoms with Crippen molar-refractivity contribution >= 4 is 23.1 Å². The Morgan fingerprint density at radius 1 is 1.56 bits per heavy atom. The molecule has 0 saturated carbocycles. The number of anilines is 1. The molecular formula is C11H17N3OS. The van der Waals surface area contributed by atoms with Gasteiger partial charge in [0, 0.05) is 32.6 Å². The molecular weight excluding hydrogens is 222 g/mol. The number of amides is 1. The Morgan fingerprint density at radius 2 is 2.25 bits per heavy atom. The van der Waals surface area contributed by atoms with E-state index in [0.717, 1.165) is 23.8 Å². The van der Waals surface area contributed by atoms with Crippen molar-refractivity contribution in [1.82, 2.24) is 9.88 Å². The first-order chi connectivity index (χ1) is 7.49. The third-order valence-corrected chi connectivity index (χ3v) is 3.84. The zero-order valence-electron chi connectivity index (χ0n) is 10.1. The van der Waals surface area contributed by atoms with Gasteiger partial charge in [0.1, 0.15) is 5.82 Å². The fraction of sp³-hybridized carbons (Fsp3) is 0.636. The molecule has 2 rings (SSSR count). The molecule has 1 aliphatic rings. The molecule has 0 aromatic carbocycles. The van der Waals surface area contributed by atoms with Gasteiger partial charge in [0.05, 0.1) is 10.9 Å². The number of carbonyl (C=O) groups excluding carboxylic acids is 1. The Bertz CT molecular complexity index is 413. The lowest BCUT2D eigenvalue weighted by Crippen LogP contribution is -2.41. The first kappa shape index (κ1) is 11.4. The van der Waals surface area contributed by atoms with E-state index < -0.39 is 0 Å². The zero-order valence-corrected chi connectivity index (χ0v) is 11.0. The van der Waals surface area contributed by atoms with E-state index >= 15 is 0 Å². The summed E-state index contributed by atoms with van der Waals surface area (Å²) in [7, 11) is 5.64. The highest BCUT2D eigenvalue weighted by atomic mass is 32.1. The summed E-state index contributed by atoms with van der Waals surface area (Å²) in [6, 6.07) is 0. The van der Waals surface area contributed by atoms with Crippen LogP contribution in [0.15, 0.2) is 0 Å². The summed E-state index contributed by atoms with van der Waals surface area (Å²) in [5.41, 5.74) is 0. The number of aromatic nitrogens is 1. The van der Waals surface area contributed by atoms with E-state index in [1.165, 1.54) is 4.88 Å². The average molecular weight is 239 g/mol. The van der Waals surface area contributed by atoms with Gasteiger partial charge in [0.2, 0.25) is 5.91 Å². The standard InChI is InChI=1S/C11H17N3OS/c1-7-12-10-9(16-7)5-8(6-14(10)4)11(15)13(2)3/h8H,5-6H2,1-4H3. The molecule has 2 heterocycles. The second-order valence-corrected chi connectivity index (χ2v) is 5.78.